The Morgan fingerprint density at radius 1 is 1.04 bits per heavy atom. The number of hydrogen-bond acceptors (Lipinski definition) is 4. The van der Waals surface area contributed by atoms with Crippen LogP contribution in [0.25, 0.3) is 0 Å². The Morgan fingerprint density at radius 2 is 1.78 bits per heavy atom. The quantitative estimate of drug-likeness (QED) is 0.739. The van der Waals surface area contributed by atoms with Crippen molar-refractivity contribution in [1.29, 1.82) is 0 Å². The van der Waals surface area contributed by atoms with E-state index >= 15 is 0 Å². The van der Waals surface area contributed by atoms with Crippen molar-refractivity contribution in [2.24, 2.45) is 0 Å². The molecule has 3 nitrogen and oxygen atoms in total. The fraction of sp³-hybridized carbons (Fsp3) is 0.500. The van der Waals surface area contributed by atoms with E-state index in [4.69, 9.17) is 4.74 Å². The Hall–Kier alpha value is -1.30. The maximum Gasteiger partial charge on any atom is 0.231 e. The zero-order valence-electron chi connectivity index (χ0n) is 15.6. The molecule has 0 unspecified atom stereocenters. The smallest absolute Gasteiger partial charge is 0.231 e. The zero-order valence-corrected chi connectivity index (χ0v) is 17.2. The molecule has 2 fully saturated rings. The Bertz CT molecular complexity index is 733. The lowest BCUT2D eigenvalue weighted by atomic mass is 9.83. The highest BCUT2D eigenvalue weighted by Gasteiger charge is 2.44. The zero-order chi connectivity index (χ0) is 18.6. The third-order valence-electron chi connectivity index (χ3n) is 5.94. The number of carbonyl (C=O) groups excluding carboxylic acids is 1. The van der Waals surface area contributed by atoms with Crippen molar-refractivity contribution >= 4 is 29.0 Å². The molecule has 5 heteroatoms. The minimum Gasteiger partial charge on any atom is -0.381 e. The molecule has 1 N–H and O–H groups in total. The lowest BCUT2D eigenvalue weighted by molar-refractivity contribution is -0.126. The lowest BCUT2D eigenvalue weighted by Gasteiger charge is -2.38. The van der Waals surface area contributed by atoms with Crippen LogP contribution in [0.3, 0.4) is 0 Å². The highest BCUT2D eigenvalue weighted by atomic mass is 32.2. The van der Waals surface area contributed by atoms with Crippen LogP contribution in [0.1, 0.15) is 43.4 Å². The Morgan fingerprint density at radius 3 is 2.44 bits per heavy atom. The Balaban J connectivity index is 1.49. The molecule has 0 bridgehead atoms. The average Bonchev–Trinajstić information content (AvgIpc) is 3.40. The second kappa shape index (κ2) is 8.38. The van der Waals surface area contributed by atoms with Gasteiger partial charge in [-0.2, -0.15) is 0 Å². The molecule has 0 radical (unpaired) electrons. The van der Waals surface area contributed by atoms with E-state index in [0.717, 1.165) is 51.7 Å². The Labute approximate surface area is 169 Å². The molecule has 1 aliphatic carbocycles. The first kappa shape index (κ1) is 19.0. The van der Waals surface area contributed by atoms with Gasteiger partial charge < -0.3 is 10.1 Å². The third-order valence-corrected chi connectivity index (χ3v) is 8.50. The highest BCUT2D eigenvalue weighted by Crippen LogP contribution is 2.44. The average molecular weight is 402 g/mol. The van der Waals surface area contributed by atoms with E-state index in [1.807, 2.05) is 17.8 Å². The number of thiophene rings is 1. The van der Waals surface area contributed by atoms with Gasteiger partial charge in [-0.3, -0.25) is 4.79 Å². The van der Waals surface area contributed by atoms with Gasteiger partial charge in [-0.1, -0.05) is 37.1 Å². The SMILES string of the molecule is O=C(NCC1(Sc2ccccc2)CCOCC1)C1(c2cccs2)CCCC1. The summed E-state index contributed by atoms with van der Waals surface area (Å²) < 4.78 is 5.64. The number of carbonyl (C=O) groups is 1. The topological polar surface area (TPSA) is 38.3 Å². The normalized spacial score (nSPS) is 21.0. The van der Waals surface area contributed by atoms with Gasteiger partial charge in [-0.25, -0.2) is 0 Å². The summed E-state index contributed by atoms with van der Waals surface area (Å²) in [6, 6.07) is 14.7. The van der Waals surface area contributed by atoms with Gasteiger partial charge in [0, 0.05) is 34.3 Å². The fourth-order valence-electron chi connectivity index (χ4n) is 4.32. The van der Waals surface area contributed by atoms with E-state index in [0.29, 0.717) is 6.54 Å². The number of benzene rings is 1. The van der Waals surface area contributed by atoms with Gasteiger partial charge in [0.2, 0.25) is 5.91 Å². The molecule has 1 aromatic carbocycles. The highest BCUT2D eigenvalue weighted by molar-refractivity contribution is 8.00. The van der Waals surface area contributed by atoms with Crippen LogP contribution < -0.4 is 5.32 Å². The molecule has 27 heavy (non-hydrogen) atoms. The summed E-state index contributed by atoms with van der Waals surface area (Å²) >= 11 is 3.63. The van der Waals surface area contributed by atoms with E-state index in [9.17, 15) is 4.79 Å². The summed E-state index contributed by atoms with van der Waals surface area (Å²) in [6.07, 6.45) is 6.17. The predicted octanol–water partition coefficient (Wildman–Crippen LogP) is 5.02. The first-order chi connectivity index (χ1) is 13.2. The third kappa shape index (κ3) is 4.10. The largest absolute Gasteiger partial charge is 0.381 e. The van der Waals surface area contributed by atoms with Crippen LogP contribution >= 0.6 is 23.1 Å². The van der Waals surface area contributed by atoms with Gasteiger partial charge in [0.25, 0.3) is 0 Å². The van der Waals surface area contributed by atoms with Crippen molar-refractivity contribution in [2.75, 3.05) is 19.8 Å². The summed E-state index contributed by atoms with van der Waals surface area (Å²) in [5, 5.41) is 5.47. The fourth-order valence-corrected chi connectivity index (χ4v) is 6.61. The van der Waals surface area contributed by atoms with Crippen molar-refractivity contribution in [1.82, 2.24) is 5.32 Å². The molecule has 1 saturated carbocycles. The van der Waals surface area contributed by atoms with Gasteiger partial charge in [0.1, 0.15) is 0 Å². The lowest BCUT2D eigenvalue weighted by Crippen LogP contribution is -2.49. The van der Waals surface area contributed by atoms with Gasteiger partial charge in [0.15, 0.2) is 0 Å². The molecular weight excluding hydrogens is 374 g/mol. The molecule has 2 aromatic rings. The number of hydrogen-bond donors (Lipinski definition) is 1. The van der Waals surface area contributed by atoms with E-state index in [1.54, 1.807) is 11.3 Å². The van der Waals surface area contributed by atoms with Crippen LogP contribution in [0.4, 0.5) is 0 Å². The van der Waals surface area contributed by atoms with Crippen LogP contribution in [0.5, 0.6) is 0 Å². The second-order valence-electron chi connectivity index (χ2n) is 7.66. The van der Waals surface area contributed by atoms with E-state index in [-0.39, 0.29) is 16.1 Å². The van der Waals surface area contributed by atoms with Crippen LogP contribution in [0.2, 0.25) is 0 Å². The van der Waals surface area contributed by atoms with Crippen molar-refractivity contribution in [3.05, 3.63) is 52.7 Å². The minimum absolute atomic E-state index is 0.0184. The molecule has 1 saturated heterocycles. The Kier molecular flexibility index (Phi) is 5.90. The van der Waals surface area contributed by atoms with E-state index in [2.05, 4.69) is 47.1 Å². The number of thioether (sulfide) groups is 1. The summed E-state index contributed by atoms with van der Waals surface area (Å²) in [5.74, 6) is 0.224. The molecule has 1 aromatic heterocycles. The van der Waals surface area contributed by atoms with Crippen molar-refractivity contribution in [3.8, 4) is 0 Å². The summed E-state index contributed by atoms with van der Waals surface area (Å²) in [7, 11) is 0. The molecule has 1 aliphatic heterocycles. The summed E-state index contributed by atoms with van der Waals surface area (Å²) in [4.78, 5) is 15.9. The number of ether oxygens (including phenoxy) is 1. The monoisotopic (exact) mass is 401 g/mol. The van der Waals surface area contributed by atoms with Crippen LogP contribution in [0, 0.1) is 0 Å². The van der Waals surface area contributed by atoms with Crippen LogP contribution in [0.15, 0.2) is 52.7 Å². The predicted molar refractivity (Wildman–Crippen MR) is 113 cm³/mol. The minimum atomic E-state index is -0.308. The molecule has 2 heterocycles. The maximum absolute atomic E-state index is 13.4. The molecule has 0 spiro atoms. The van der Waals surface area contributed by atoms with E-state index in [1.165, 1.54) is 9.77 Å². The van der Waals surface area contributed by atoms with E-state index < -0.39 is 0 Å². The maximum atomic E-state index is 13.4. The van der Waals surface area contributed by atoms with Gasteiger partial charge >= 0.3 is 0 Å². The van der Waals surface area contributed by atoms with Crippen molar-refractivity contribution in [2.45, 2.75) is 53.6 Å². The van der Waals surface area contributed by atoms with Gasteiger partial charge in [0.05, 0.1) is 5.41 Å². The second-order valence-corrected chi connectivity index (χ2v) is 10.1. The van der Waals surface area contributed by atoms with Crippen molar-refractivity contribution < 1.29 is 9.53 Å². The molecule has 144 valence electrons. The number of nitrogens with one attached hydrogen (secondary N) is 1. The molecule has 0 atom stereocenters. The first-order valence-electron chi connectivity index (χ1n) is 9.87. The summed E-state index contributed by atoms with van der Waals surface area (Å²) in [5.41, 5.74) is -0.308. The van der Waals surface area contributed by atoms with Crippen molar-refractivity contribution in [3.63, 3.8) is 0 Å². The summed E-state index contributed by atoms with van der Waals surface area (Å²) in [6.45, 7) is 2.25. The molecule has 4 rings (SSSR count). The molecular formula is C22H27NO2S2. The van der Waals surface area contributed by atoms with Crippen LogP contribution in [-0.4, -0.2) is 30.4 Å². The van der Waals surface area contributed by atoms with Gasteiger partial charge in [-0.05, 0) is 49.3 Å². The molecule has 2 aliphatic rings. The number of amides is 1. The van der Waals surface area contributed by atoms with Crippen LogP contribution in [-0.2, 0) is 14.9 Å². The molecule has 1 amide bonds. The van der Waals surface area contributed by atoms with Gasteiger partial charge in [-0.15, -0.1) is 23.1 Å². The standard InChI is InChI=1S/C22H27NO2S2/c24-20(22(10-4-5-11-22)19-9-6-16-26-19)23-17-21(12-14-25-15-13-21)27-18-7-2-1-3-8-18/h1-3,6-9,16H,4-5,10-15,17H2,(H,23,24). The number of rotatable bonds is 6. The first-order valence-corrected chi connectivity index (χ1v) is 11.6.